The van der Waals surface area contributed by atoms with Crippen LogP contribution in [0.3, 0.4) is 0 Å². The molecule has 0 N–H and O–H groups in total. The lowest BCUT2D eigenvalue weighted by Gasteiger charge is -2.12. The summed E-state index contributed by atoms with van der Waals surface area (Å²) in [6, 6.07) is 8.18. The van der Waals surface area contributed by atoms with Crippen molar-refractivity contribution in [3.8, 4) is 0 Å². The minimum atomic E-state index is -0.221. The molecule has 7 heteroatoms. The van der Waals surface area contributed by atoms with Crippen LogP contribution in [0, 0.1) is 13.8 Å². The maximum atomic E-state index is 12.3. The number of benzene rings is 1. The minimum absolute atomic E-state index is 0.217. The van der Waals surface area contributed by atoms with Crippen LogP contribution < -0.4 is 0 Å². The first-order valence-electron chi connectivity index (χ1n) is 9.77. The summed E-state index contributed by atoms with van der Waals surface area (Å²) in [5.41, 5.74) is 5.01. The molecular weight excluding hydrogens is 384 g/mol. The van der Waals surface area contributed by atoms with Crippen LogP contribution in [0.5, 0.6) is 0 Å². The smallest absolute Gasteiger partial charge is 0.306 e. The molecule has 29 heavy (non-hydrogen) atoms. The van der Waals surface area contributed by atoms with Crippen molar-refractivity contribution in [2.45, 2.75) is 53.2 Å². The highest BCUT2D eigenvalue weighted by Gasteiger charge is 2.16. The number of fused-ring (bicyclic) bond motifs is 2. The Morgan fingerprint density at radius 2 is 2.00 bits per heavy atom. The van der Waals surface area contributed by atoms with Gasteiger partial charge in [-0.05, 0) is 57.4 Å². The second kappa shape index (κ2) is 7.91. The van der Waals surface area contributed by atoms with E-state index in [0.717, 1.165) is 43.1 Å². The third-order valence-electron chi connectivity index (χ3n) is 5.10. The Kier molecular flexibility index (Phi) is 5.32. The van der Waals surface area contributed by atoms with E-state index >= 15 is 0 Å². The number of aromatic nitrogens is 4. The monoisotopic (exact) mass is 408 g/mol. The Morgan fingerprint density at radius 3 is 2.76 bits per heavy atom. The highest BCUT2D eigenvalue weighted by Crippen LogP contribution is 2.26. The van der Waals surface area contributed by atoms with Gasteiger partial charge in [0.1, 0.15) is 11.6 Å². The van der Waals surface area contributed by atoms with E-state index in [2.05, 4.69) is 30.9 Å². The van der Waals surface area contributed by atoms with Gasteiger partial charge in [-0.25, -0.2) is 14.6 Å². The van der Waals surface area contributed by atoms with Gasteiger partial charge >= 0.3 is 5.97 Å². The van der Waals surface area contributed by atoms with Gasteiger partial charge in [0.2, 0.25) is 0 Å². The van der Waals surface area contributed by atoms with Crippen LogP contribution in [-0.4, -0.2) is 25.7 Å². The molecule has 0 bridgehead atoms. The van der Waals surface area contributed by atoms with Gasteiger partial charge in [-0.1, -0.05) is 12.1 Å². The summed E-state index contributed by atoms with van der Waals surface area (Å²) < 4.78 is 8.49. The molecule has 6 nitrogen and oxygen atoms in total. The second-order valence-corrected chi connectivity index (χ2v) is 8.57. The molecule has 3 aromatic heterocycles. The number of para-hydroxylation sites is 1. The Bertz CT molecular complexity index is 1160. The van der Waals surface area contributed by atoms with E-state index in [-0.39, 0.29) is 18.6 Å². The topological polar surface area (TPSA) is 69.9 Å². The number of ether oxygens (including phenoxy) is 1. The molecule has 0 atom stereocenters. The van der Waals surface area contributed by atoms with Gasteiger partial charge in [-0.3, -0.25) is 4.79 Å². The van der Waals surface area contributed by atoms with Gasteiger partial charge in [-0.2, -0.15) is 5.10 Å². The lowest BCUT2D eigenvalue weighted by atomic mass is 10.0. The fraction of sp³-hybridized carbons (Fsp3) is 0.364. The van der Waals surface area contributed by atoms with Crippen LogP contribution in [0.1, 0.15) is 48.1 Å². The maximum Gasteiger partial charge on any atom is 0.306 e. The Hall–Kier alpha value is -2.80. The quantitative estimate of drug-likeness (QED) is 0.424. The number of hydrogen-bond acceptors (Lipinski definition) is 6. The number of hydrogen-bond donors (Lipinski definition) is 0. The van der Waals surface area contributed by atoms with Crippen molar-refractivity contribution >= 4 is 38.6 Å². The molecule has 0 saturated carbocycles. The van der Waals surface area contributed by atoms with Crippen LogP contribution in [0.25, 0.3) is 21.3 Å². The molecule has 0 saturated heterocycles. The fourth-order valence-corrected chi connectivity index (χ4v) is 4.44. The zero-order chi connectivity index (χ0) is 20.5. The highest BCUT2D eigenvalue weighted by molar-refractivity contribution is 7.18. The van der Waals surface area contributed by atoms with Crippen LogP contribution in [0.2, 0.25) is 0 Å². The summed E-state index contributed by atoms with van der Waals surface area (Å²) in [5.74, 6) is -0.221. The maximum absolute atomic E-state index is 12.3. The first-order chi connectivity index (χ1) is 13.9. The SMILES string of the molecule is Cc1nc2c(cnn2C(C)C)c(C)c1CCC(=O)OCc1nc2ccccc2s1. The lowest BCUT2D eigenvalue weighted by Crippen LogP contribution is -2.09. The zero-order valence-corrected chi connectivity index (χ0v) is 17.9. The van der Waals surface area contributed by atoms with Crippen LogP contribution in [0.4, 0.5) is 0 Å². The number of rotatable bonds is 6. The number of aryl methyl sites for hydroxylation is 2. The predicted octanol–water partition coefficient (Wildman–Crippen LogP) is 4.91. The van der Waals surface area contributed by atoms with E-state index in [4.69, 9.17) is 9.72 Å². The first-order valence-corrected chi connectivity index (χ1v) is 10.6. The van der Waals surface area contributed by atoms with Crippen LogP contribution in [-0.2, 0) is 22.6 Å². The largest absolute Gasteiger partial charge is 0.458 e. The molecule has 0 fully saturated rings. The van der Waals surface area contributed by atoms with Gasteiger partial charge in [-0.15, -0.1) is 11.3 Å². The molecule has 0 spiro atoms. The van der Waals surface area contributed by atoms with Crippen LogP contribution >= 0.6 is 11.3 Å². The fourth-order valence-electron chi connectivity index (χ4n) is 3.56. The van der Waals surface area contributed by atoms with Crippen molar-refractivity contribution in [3.63, 3.8) is 0 Å². The standard InChI is InChI=1S/C22H24N4O2S/c1-13(2)26-22-17(11-23-26)14(3)16(15(4)24-22)9-10-21(27)28-12-20-25-18-7-5-6-8-19(18)29-20/h5-8,11,13H,9-10,12H2,1-4H3. The number of pyridine rings is 1. The summed E-state index contributed by atoms with van der Waals surface area (Å²) >= 11 is 1.56. The number of esters is 1. The van der Waals surface area contributed by atoms with Gasteiger partial charge in [0.15, 0.2) is 5.65 Å². The summed E-state index contributed by atoms with van der Waals surface area (Å²) in [5, 5.41) is 6.33. The second-order valence-electron chi connectivity index (χ2n) is 7.46. The lowest BCUT2D eigenvalue weighted by molar-refractivity contribution is -0.144. The first kappa shape index (κ1) is 19.5. The summed E-state index contributed by atoms with van der Waals surface area (Å²) in [6.07, 6.45) is 2.79. The number of nitrogens with zero attached hydrogens (tertiary/aromatic N) is 4. The third-order valence-corrected chi connectivity index (χ3v) is 6.11. The van der Waals surface area contributed by atoms with Gasteiger partial charge in [0.05, 0.1) is 16.4 Å². The molecule has 4 rings (SSSR count). The Labute approximate surface area is 173 Å². The molecule has 0 aliphatic rings. The number of carbonyl (C=O) groups excluding carboxylic acids is 1. The Morgan fingerprint density at radius 1 is 1.21 bits per heavy atom. The van der Waals surface area contributed by atoms with Gasteiger partial charge in [0.25, 0.3) is 0 Å². The molecule has 0 aliphatic heterocycles. The van der Waals surface area contributed by atoms with Gasteiger partial charge in [0, 0.05) is 23.5 Å². The summed E-state index contributed by atoms with van der Waals surface area (Å²) in [4.78, 5) is 21.6. The number of carbonyl (C=O) groups is 1. The van der Waals surface area contributed by atoms with Crippen molar-refractivity contribution in [1.29, 1.82) is 0 Å². The Balaban J connectivity index is 1.42. The van der Waals surface area contributed by atoms with Crippen molar-refractivity contribution in [2.24, 2.45) is 0 Å². The van der Waals surface area contributed by atoms with Crippen molar-refractivity contribution < 1.29 is 9.53 Å². The minimum Gasteiger partial charge on any atom is -0.458 e. The van der Waals surface area contributed by atoms with Crippen molar-refractivity contribution in [1.82, 2.24) is 19.7 Å². The number of thiazole rings is 1. The average Bonchev–Trinajstić information content (AvgIpc) is 3.29. The van der Waals surface area contributed by atoms with E-state index in [1.54, 1.807) is 11.3 Å². The predicted molar refractivity (Wildman–Crippen MR) is 115 cm³/mol. The average molecular weight is 409 g/mol. The normalized spacial score (nSPS) is 11.6. The van der Waals surface area contributed by atoms with Crippen LogP contribution in [0.15, 0.2) is 30.5 Å². The van der Waals surface area contributed by atoms with Crippen molar-refractivity contribution in [3.05, 3.63) is 52.3 Å². The molecule has 4 aromatic rings. The zero-order valence-electron chi connectivity index (χ0n) is 17.1. The van der Waals surface area contributed by atoms with E-state index in [1.807, 2.05) is 42.1 Å². The summed E-state index contributed by atoms with van der Waals surface area (Å²) in [7, 11) is 0. The highest BCUT2D eigenvalue weighted by atomic mass is 32.1. The molecule has 0 unspecified atom stereocenters. The molecule has 3 heterocycles. The molecular formula is C22H24N4O2S. The summed E-state index contributed by atoms with van der Waals surface area (Å²) in [6.45, 7) is 8.47. The van der Waals surface area contributed by atoms with Gasteiger partial charge < -0.3 is 4.74 Å². The van der Waals surface area contributed by atoms with E-state index in [1.165, 1.54) is 0 Å². The van der Waals surface area contributed by atoms with E-state index < -0.39 is 0 Å². The third kappa shape index (κ3) is 3.87. The molecule has 0 aliphatic carbocycles. The van der Waals surface area contributed by atoms with E-state index in [0.29, 0.717) is 12.8 Å². The molecule has 0 radical (unpaired) electrons. The van der Waals surface area contributed by atoms with E-state index in [9.17, 15) is 4.79 Å². The van der Waals surface area contributed by atoms with Crippen molar-refractivity contribution in [2.75, 3.05) is 0 Å². The molecule has 1 aromatic carbocycles. The molecule has 0 amide bonds. The molecule has 150 valence electrons.